The van der Waals surface area contributed by atoms with E-state index in [4.69, 9.17) is 6.15 Å². The van der Waals surface area contributed by atoms with Crippen molar-refractivity contribution in [3.05, 3.63) is 144 Å². The summed E-state index contributed by atoms with van der Waals surface area (Å²) in [5.41, 5.74) is 3.35. The third-order valence-corrected chi connectivity index (χ3v) is 9.65. The van der Waals surface area contributed by atoms with E-state index < -0.39 is 43.0 Å². The average Bonchev–Trinajstić information content (AvgIpc) is 2.86. The second-order valence-corrected chi connectivity index (χ2v) is 17.9. The van der Waals surface area contributed by atoms with Crippen molar-refractivity contribution in [3.63, 3.8) is 0 Å². The Morgan fingerprint density at radius 2 is 0.714 bits per heavy atom. The Balaban J connectivity index is 1.58. The number of carbonyl (C=O) groups is 2. The minimum absolute atomic E-state index is 0.396. The van der Waals surface area contributed by atoms with E-state index in [9.17, 15) is 9.59 Å². The van der Waals surface area contributed by atoms with Crippen molar-refractivity contribution in [2.75, 3.05) is 0 Å². The molecule has 0 aromatic heterocycles. The molecule has 176 valence electrons. The monoisotopic (exact) mass is 572 g/mol. The van der Waals surface area contributed by atoms with Gasteiger partial charge in [0.2, 0.25) is 0 Å². The van der Waals surface area contributed by atoms with Crippen LogP contribution < -0.4 is 0 Å². The first-order valence-electron chi connectivity index (χ1n) is 11.6. The van der Waals surface area contributed by atoms with Gasteiger partial charge in [-0.3, -0.25) is 0 Å². The van der Waals surface area contributed by atoms with Gasteiger partial charge in [-0.05, 0) is 0 Å². The van der Waals surface area contributed by atoms with Crippen molar-refractivity contribution < 1.29 is 15.7 Å². The van der Waals surface area contributed by atoms with E-state index in [2.05, 4.69) is 0 Å². The summed E-state index contributed by atoms with van der Waals surface area (Å²) in [7, 11) is 0. The quantitative estimate of drug-likeness (QED) is 0.229. The van der Waals surface area contributed by atoms with Crippen LogP contribution in [0.25, 0.3) is 0 Å². The second-order valence-electron chi connectivity index (χ2n) is 8.75. The summed E-state index contributed by atoms with van der Waals surface area (Å²) in [4.78, 5) is 30.6. The van der Waals surface area contributed by atoms with Crippen LogP contribution >= 0.6 is 0 Å². The topological polar surface area (TPSA) is 52.6 Å². The summed E-state index contributed by atoms with van der Waals surface area (Å²) in [6.07, 6.45) is 0. The fourth-order valence-electron chi connectivity index (χ4n) is 4.13. The summed E-state index contributed by atoms with van der Waals surface area (Å²) < 4.78 is 12.1. The van der Waals surface area contributed by atoms with Crippen molar-refractivity contribution in [2.24, 2.45) is 0 Å². The van der Waals surface area contributed by atoms with Crippen LogP contribution in [0.3, 0.4) is 0 Å². The van der Waals surface area contributed by atoms with Gasteiger partial charge in [0, 0.05) is 0 Å². The van der Waals surface area contributed by atoms with Gasteiger partial charge in [-0.25, -0.2) is 0 Å². The molecule has 0 fully saturated rings. The Morgan fingerprint density at radius 3 is 0.943 bits per heavy atom. The van der Waals surface area contributed by atoms with E-state index in [1.807, 2.05) is 121 Å². The molecular weight excluding hydrogens is 543 g/mol. The maximum atomic E-state index is 13.5. The van der Waals surface area contributed by atoms with Gasteiger partial charge in [-0.1, -0.05) is 0 Å². The first-order valence-corrected chi connectivity index (χ1v) is 19.6. The third kappa shape index (κ3) is 6.40. The molecule has 0 amide bonds. The molecule has 0 saturated heterocycles. The second kappa shape index (κ2) is 11.4. The fourth-order valence-corrected chi connectivity index (χ4v) is 7.69. The van der Waals surface area contributed by atoms with Crippen molar-refractivity contribution in [3.8, 4) is 0 Å². The molecule has 4 rings (SSSR count). The zero-order chi connectivity index (χ0) is 24.7. The minimum atomic E-state index is -4.06. The Labute approximate surface area is 211 Å². The van der Waals surface area contributed by atoms with E-state index in [0.717, 1.165) is 22.3 Å². The van der Waals surface area contributed by atoms with Crippen LogP contribution in [0.15, 0.2) is 121 Å². The zero-order valence-corrected chi connectivity index (χ0v) is 22.7. The molecule has 4 aromatic rings. The van der Waals surface area contributed by atoms with E-state index in [0.29, 0.717) is 0 Å². The molecule has 0 saturated carbocycles. The van der Waals surface area contributed by atoms with Gasteiger partial charge in [0.25, 0.3) is 0 Å². The molecule has 4 nitrogen and oxygen atoms in total. The van der Waals surface area contributed by atoms with Crippen LogP contribution in [0, 0.1) is 0 Å². The van der Waals surface area contributed by atoms with Crippen LogP contribution in [0.4, 0.5) is 0 Å². The molecule has 5 heteroatoms. The molecule has 35 heavy (non-hydrogen) atoms. The number of carbonyl (C=O) groups excluding carboxylic acids is 2. The van der Waals surface area contributed by atoms with Crippen LogP contribution in [0.1, 0.15) is 34.1 Å². The van der Waals surface area contributed by atoms with Crippen LogP contribution in [-0.4, -0.2) is 31.1 Å². The van der Waals surface area contributed by atoms with E-state index in [1.165, 1.54) is 0 Å². The van der Waals surface area contributed by atoms with Crippen LogP contribution in [0.2, 0.25) is 9.88 Å². The first kappa shape index (κ1) is 24.7. The van der Waals surface area contributed by atoms with Crippen molar-refractivity contribution in [1.82, 2.24) is 0 Å². The Morgan fingerprint density at radius 1 is 0.486 bits per heavy atom. The normalized spacial score (nSPS) is 11.3. The molecule has 0 aliphatic rings. The Kier molecular flexibility index (Phi) is 8.03. The Bertz CT molecular complexity index is 1060. The molecule has 0 spiro atoms. The first-order chi connectivity index (χ1) is 16.9. The van der Waals surface area contributed by atoms with Crippen LogP contribution in [0.5, 0.6) is 0 Å². The van der Waals surface area contributed by atoms with Gasteiger partial charge < -0.3 is 0 Å². The third-order valence-electron chi connectivity index (χ3n) is 5.70. The molecule has 0 atom stereocenters. The number of benzene rings is 4. The summed E-state index contributed by atoms with van der Waals surface area (Å²) in [6, 6.07) is 38.1. The molecule has 0 aliphatic carbocycles. The van der Waals surface area contributed by atoms with Gasteiger partial charge in [0.05, 0.1) is 0 Å². The predicted molar refractivity (Wildman–Crippen MR) is 139 cm³/mol. The van der Waals surface area contributed by atoms with Gasteiger partial charge >= 0.3 is 212 Å². The van der Waals surface area contributed by atoms with Crippen LogP contribution in [-0.2, 0) is 15.7 Å². The number of hydrogen-bond acceptors (Lipinski definition) is 4. The van der Waals surface area contributed by atoms with Crippen molar-refractivity contribution in [2.45, 2.75) is 21.7 Å². The van der Waals surface area contributed by atoms with E-state index in [-0.39, 0.29) is 0 Å². The Hall–Kier alpha value is -3.38. The van der Waals surface area contributed by atoms with Gasteiger partial charge in [0.1, 0.15) is 0 Å². The molecule has 0 aliphatic heterocycles. The fraction of sp³-hybridized carbons (Fsp3) is 0.133. The summed E-state index contributed by atoms with van der Waals surface area (Å²) >= 11 is -4.06. The van der Waals surface area contributed by atoms with E-state index >= 15 is 0 Å². The molecular formula is C30H28O4Sn. The van der Waals surface area contributed by atoms with Crippen molar-refractivity contribution in [1.29, 1.82) is 0 Å². The van der Waals surface area contributed by atoms with Gasteiger partial charge in [-0.2, -0.15) is 0 Å². The molecule has 0 heterocycles. The van der Waals surface area contributed by atoms with E-state index in [1.54, 1.807) is 9.88 Å². The zero-order valence-electron chi connectivity index (χ0n) is 19.8. The number of hydrogen-bond donors (Lipinski definition) is 0. The summed E-state index contributed by atoms with van der Waals surface area (Å²) in [6.45, 7) is 0. The maximum absolute atomic E-state index is 13.5. The summed E-state index contributed by atoms with van der Waals surface area (Å²) in [5, 5.41) is 0. The molecule has 0 unspecified atom stereocenters. The average molecular weight is 571 g/mol. The molecule has 0 N–H and O–H groups in total. The number of rotatable bonds is 8. The van der Waals surface area contributed by atoms with Gasteiger partial charge in [0.15, 0.2) is 0 Å². The standard InChI is InChI=1S/2C14H12O2.2CH3.Sn/c2*15-14(16)13(11-7-3-1-4-8-11)12-9-5-2-6-10-12;;;/h2*1-10,13H,(H,15,16);2*1H3;/q;;;;+2/p-2. The van der Waals surface area contributed by atoms with Gasteiger partial charge in [-0.15, -0.1) is 0 Å². The predicted octanol–water partition coefficient (Wildman–Crippen LogP) is 6.44. The van der Waals surface area contributed by atoms with Crippen molar-refractivity contribution >= 4 is 31.1 Å². The SMILES string of the molecule is [CH3][Sn]([CH3])([O]C(=O)C(c1ccccc1)c1ccccc1)[O]C(=O)C(c1ccccc1)c1ccccc1. The molecule has 4 aromatic carbocycles. The molecule has 0 bridgehead atoms. The summed E-state index contributed by atoms with van der Waals surface area (Å²) in [5.74, 6) is -1.98. The molecule has 0 radical (unpaired) electrons.